The van der Waals surface area contributed by atoms with Crippen LogP contribution in [0.4, 0.5) is 0 Å². The summed E-state index contributed by atoms with van der Waals surface area (Å²) in [5.74, 6) is 0. The lowest BCUT2D eigenvalue weighted by Crippen LogP contribution is -2.49. The number of hydrogen-bond donors (Lipinski definition) is 1. The molecule has 0 bridgehead atoms. The van der Waals surface area contributed by atoms with Crippen LogP contribution in [-0.2, 0) is 4.74 Å². The van der Waals surface area contributed by atoms with Gasteiger partial charge in [0.2, 0.25) is 0 Å². The van der Waals surface area contributed by atoms with Crippen LogP contribution in [0.25, 0.3) is 0 Å². The Morgan fingerprint density at radius 2 is 1.64 bits per heavy atom. The van der Waals surface area contributed by atoms with Gasteiger partial charge in [-0.05, 0) is 12.8 Å². The lowest BCUT2D eigenvalue weighted by molar-refractivity contribution is -0.122. The molecule has 14 heavy (non-hydrogen) atoms. The van der Waals surface area contributed by atoms with Gasteiger partial charge in [-0.15, -0.1) is 0 Å². The van der Waals surface area contributed by atoms with Crippen LogP contribution in [-0.4, -0.2) is 23.9 Å². The number of hydrogen-bond acceptors (Lipinski definition) is 3. The molecule has 1 saturated carbocycles. The zero-order valence-electron chi connectivity index (χ0n) is 8.46. The number of ether oxygens (including phenoxy) is 1. The maximum Gasteiger partial charge on any atom is 0.0877 e. The predicted molar refractivity (Wildman–Crippen MR) is 51.5 cm³/mol. The van der Waals surface area contributed by atoms with Crippen molar-refractivity contribution >= 4 is 0 Å². The van der Waals surface area contributed by atoms with Crippen molar-refractivity contribution in [2.75, 3.05) is 13.2 Å². The van der Waals surface area contributed by atoms with E-state index in [1.54, 1.807) is 0 Å². The molecule has 0 amide bonds. The van der Waals surface area contributed by atoms with Crippen LogP contribution >= 0.6 is 0 Å². The zero-order chi connectivity index (χ0) is 10.1. The topological polar surface area (TPSA) is 53.2 Å². The Labute approximate surface area is 84.7 Å². The standard InChI is InChI=1S/C11H17NO2/c12-9-10(3-1-2-4-10)11(13)5-7-14-8-6-11/h13H,1-8H2. The molecule has 2 aliphatic rings. The Kier molecular flexibility index (Phi) is 2.50. The van der Waals surface area contributed by atoms with Crippen LogP contribution < -0.4 is 0 Å². The summed E-state index contributed by atoms with van der Waals surface area (Å²) in [5.41, 5.74) is -1.26. The minimum atomic E-state index is -0.781. The van der Waals surface area contributed by atoms with Gasteiger partial charge in [-0.1, -0.05) is 12.8 Å². The Balaban J connectivity index is 2.21. The molecule has 0 atom stereocenters. The van der Waals surface area contributed by atoms with Crippen LogP contribution in [0, 0.1) is 16.7 Å². The first-order chi connectivity index (χ1) is 6.72. The van der Waals surface area contributed by atoms with Gasteiger partial charge >= 0.3 is 0 Å². The highest BCUT2D eigenvalue weighted by molar-refractivity contribution is 5.14. The lowest BCUT2D eigenvalue weighted by atomic mass is 9.67. The van der Waals surface area contributed by atoms with E-state index in [4.69, 9.17) is 4.74 Å². The van der Waals surface area contributed by atoms with Gasteiger partial charge in [-0.25, -0.2) is 0 Å². The van der Waals surface area contributed by atoms with Crippen LogP contribution in [0.1, 0.15) is 38.5 Å². The van der Waals surface area contributed by atoms with E-state index in [9.17, 15) is 10.4 Å². The van der Waals surface area contributed by atoms with Crippen LogP contribution in [0.5, 0.6) is 0 Å². The van der Waals surface area contributed by atoms with Gasteiger partial charge in [0.05, 0.1) is 17.1 Å². The minimum Gasteiger partial charge on any atom is -0.388 e. The molecule has 3 heteroatoms. The zero-order valence-corrected chi connectivity index (χ0v) is 8.46. The van der Waals surface area contributed by atoms with E-state index in [-0.39, 0.29) is 0 Å². The monoisotopic (exact) mass is 195 g/mol. The average Bonchev–Trinajstić information content (AvgIpc) is 2.68. The lowest BCUT2D eigenvalue weighted by Gasteiger charge is -2.42. The maximum atomic E-state index is 10.5. The second-order valence-corrected chi connectivity index (χ2v) is 4.54. The molecule has 1 aliphatic carbocycles. The smallest absolute Gasteiger partial charge is 0.0877 e. The van der Waals surface area contributed by atoms with Crippen molar-refractivity contribution in [3.8, 4) is 6.07 Å². The van der Waals surface area contributed by atoms with E-state index in [0.29, 0.717) is 26.1 Å². The molecule has 1 saturated heterocycles. The van der Waals surface area contributed by atoms with Crippen molar-refractivity contribution in [1.82, 2.24) is 0 Å². The molecular formula is C11H17NO2. The molecule has 2 rings (SSSR count). The van der Waals surface area contributed by atoms with Gasteiger partial charge in [-0.2, -0.15) is 5.26 Å². The van der Waals surface area contributed by atoms with Crippen molar-refractivity contribution in [3.05, 3.63) is 0 Å². The highest BCUT2D eigenvalue weighted by Gasteiger charge is 2.52. The van der Waals surface area contributed by atoms with Crippen molar-refractivity contribution in [3.63, 3.8) is 0 Å². The fraction of sp³-hybridized carbons (Fsp3) is 0.909. The van der Waals surface area contributed by atoms with E-state index in [2.05, 4.69) is 6.07 Å². The van der Waals surface area contributed by atoms with Crippen molar-refractivity contribution in [2.45, 2.75) is 44.1 Å². The fourth-order valence-corrected chi connectivity index (χ4v) is 2.85. The quantitative estimate of drug-likeness (QED) is 0.691. The van der Waals surface area contributed by atoms with Gasteiger partial charge < -0.3 is 9.84 Å². The average molecular weight is 195 g/mol. The van der Waals surface area contributed by atoms with Crippen LogP contribution in [0.15, 0.2) is 0 Å². The summed E-state index contributed by atoms with van der Waals surface area (Å²) in [7, 11) is 0. The Bertz CT molecular complexity index is 245. The van der Waals surface area contributed by atoms with Gasteiger partial charge in [0, 0.05) is 26.1 Å². The first-order valence-electron chi connectivity index (χ1n) is 5.44. The van der Waals surface area contributed by atoms with E-state index >= 15 is 0 Å². The SMILES string of the molecule is N#CC1(C2(O)CCOCC2)CCCC1. The van der Waals surface area contributed by atoms with Crippen molar-refractivity contribution in [2.24, 2.45) is 5.41 Å². The second kappa shape index (κ2) is 3.52. The summed E-state index contributed by atoms with van der Waals surface area (Å²) in [6.45, 7) is 1.19. The normalized spacial score (nSPS) is 29.7. The number of rotatable bonds is 1. The van der Waals surface area contributed by atoms with Crippen molar-refractivity contribution in [1.29, 1.82) is 5.26 Å². The van der Waals surface area contributed by atoms with Gasteiger partial charge in [0.1, 0.15) is 0 Å². The summed E-state index contributed by atoms with van der Waals surface area (Å²) >= 11 is 0. The molecule has 1 heterocycles. The van der Waals surface area contributed by atoms with Crippen molar-refractivity contribution < 1.29 is 9.84 Å². The maximum absolute atomic E-state index is 10.5. The van der Waals surface area contributed by atoms with Gasteiger partial charge in [0.15, 0.2) is 0 Å². The molecule has 1 N–H and O–H groups in total. The molecule has 1 aliphatic heterocycles. The second-order valence-electron chi connectivity index (χ2n) is 4.54. The Morgan fingerprint density at radius 1 is 1.07 bits per heavy atom. The predicted octanol–water partition coefficient (Wildman–Crippen LogP) is 1.61. The summed E-state index contributed by atoms with van der Waals surface area (Å²) in [6.07, 6.45) is 5.13. The highest BCUT2D eigenvalue weighted by Crippen LogP contribution is 2.49. The van der Waals surface area contributed by atoms with Crippen LogP contribution in [0.2, 0.25) is 0 Å². The Morgan fingerprint density at radius 3 is 2.14 bits per heavy atom. The third-order valence-electron chi connectivity index (χ3n) is 3.88. The fourth-order valence-electron chi connectivity index (χ4n) is 2.85. The molecule has 3 nitrogen and oxygen atoms in total. The molecule has 0 spiro atoms. The van der Waals surface area contributed by atoms with E-state index in [0.717, 1.165) is 25.7 Å². The van der Waals surface area contributed by atoms with Crippen LogP contribution in [0.3, 0.4) is 0 Å². The van der Waals surface area contributed by atoms with Gasteiger partial charge in [-0.3, -0.25) is 0 Å². The summed E-state index contributed by atoms with van der Waals surface area (Å²) < 4.78 is 5.24. The summed E-state index contributed by atoms with van der Waals surface area (Å²) in [4.78, 5) is 0. The first-order valence-corrected chi connectivity index (χ1v) is 5.44. The summed E-state index contributed by atoms with van der Waals surface area (Å²) in [6, 6.07) is 2.38. The molecule has 0 unspecified atom stereocenters. The first kappa shape index (κ1) is 9.95. The van der Waals surface area contributed by atoms with E-state index in [1.807, 2.05) is 0 Å². The number of nitriles is 1. The Hall–Kier alpha value is -0.590. The summed E-state index contributed by atoms with van der Waals surface area (Å²) in [5, 5.41) is 19.8. The van der Waals surface area contributed by atoms with E-state index in [1.165, 1.54) is 0 Å². The molecule has 0 aromatic heterocycles. The minimum absolute atomic E-state index is 0.475. The molecule has 0 aromatic rings. The largest absolute Gasteiger partial charge is 0.388 e. The molecule has 2 fully saturated rings. The van der Waals surface area contributed by atoms with Gasteiger partial charge in [0.25, 0.3) is 0 Å². The molecule has 78 valence electrons. The molecule has 0 aromatic carbocycles. The molecule has 0 radical (unpaired) electrons. The van der Waals surface area contributed by atoms with E-state index < -0.39 is 11.0 Å². The highest BCUT2D eigenvalue weighted by atomic mass is 16.5. The number of nitrogens with zero attached hydrogens (tertiary/aromatic N) is 1. The number of aliphatic hydroxyl groups is 1. The third-order valence-corrected chi connectivity index (χ3v) is 3.88. The third kappa shape index (κ3) is 1.34. The molecular weight excluding hydrogens is 178 g/mol.